The van der Waals surface area contributed by atoms with Gasteiger partial charge >= 0.3 is 0 Å². The molecule has 1 aliphatic heterocycles. The fraction of sp³-hybridized carbons (Fsp3) is 0.318. The van der Waals surface area contributed by atoms with Gasteiger partial charge in [0.1, 0.15) is 11.6 Å². The molecule has 0 spiro atoms. The lowest BCUT2D eigenvalue weighted by molar-refractivity contribution is 0.415. The molecule has 3 heterocycles. The molecule has 0 bridgehead atoms. The first-order chi connectivity index (χ1) is 14.2. The molecule has 0 radical (unpaired) electrons. The van der Waals surface area contributed by atoms with E-state index in [1.807, 2.05) is 31.2 Å². The number of hydrogen-bond donors (Lipinski definition) is 1. The van der Waals surface area contributed by atoms with Crippen LogP contribution in [0, 0.1) is 6.92 Å². The molecule has 150 valence electrons. The van der Waals surface area contributed by atoms with E-state index in [1.165, 1.54) is 5.69 Å². The number of aryl methyl sites for hydroxylation is 1. The number of methoxy groups -OCH3 is 1. The van der Waals surface area contributed by atoms with Gasteiger partial charge in [-0.1, -0.05) is 0 Å². The van der Waals surface area contributed by atoms with Crippen LogP contribution in [0.2, 0.25) is 0 Å². The minimum Gasteiger partial charge on any atom is -0.497 e. The van der Waals surface area contributed by atoms with Crippen LogP contribution in [0.15, 0.2) is 54.9 Å². The predicted octanol–water partition coefficient (Wildman–Crippen LogP) is 3.13. The van der Waals surface area contributed by atoms with Crippen molar-refractivity contribution >= 4 is 17.5 Å². The highest BCUT2D eigenvalue weighted by atomic mass is 16.5. The summed E-state index contributed by atoms with van der Waals surface area (Å²) in [5.41, 5.74) is 3.34. The number of rotatable bonds is 6. The molecule has 7 heteroatoms. The van der Waals surface area contributed by atoms with Gasteiger partial charge in [0.2, 0.25) is 5.95 Å². The number of pyridine rings is 1. The third kappa shape index (κ3) is 4.74. The standard InChI is InChI=1S/C22H26N6O/c1-17-15-21(26-22(25-17)24-16-18-7-9-23-10-8-18)28-13-11-27(12-14-28)19-3-5-20(29-2)6-4-19/h3-10,15H,11-14,16H2,1-2H3,(H,24,25,26). The van der Waals surface area contributed by atoms with Gasteiger partial charge in [0.05, 0.1) is 7.11 Å². The number of anilines is 3. The van der Waals surface area contributed by atoms with Crippen molar-refractivity contribution in [2.24, 2.45) is 0 Å². The number of aromatic nitrogens is 3. The fourth-order valence-corrected chi connectivity index (χ4v) is 3.46. The topological polar surface area (TPSA) is 66.4 Å². The summed E-state index contributed by atoms with van der Waals surface area (Å²) in [6.45, 7) is 6.44. The zero-order valence-electron chi connectivity index (χ0n) is 16.9. The molecule has 0 aliphatic carbocycles. The first-order valence-electron chi connectivity index (χ1n) is 9.84. The monoisotopic (exact) mass is 390 g/mol. The van der Waals surface area contributed by atoms with E-state index in [9.17, 15) is 0 Å². The molecule has 1 aromatic carbocycles. The lowest BCUT2D eigenvalue weighted by Crippen LogP contribution is -2.46. The van der Waals surface area contributed by atoms with Crippen LogP contribution in [0.1, 0.15) is 11.3 Å². The largest absolute Gasteiger partial charge is 0.497 e. The second-order valence-corrected chi connectivity index (χ2v) is 7.07. The van der Waals surface area contributed by atoms with Crippen LogP contribution < -0.4 is 19.9 Å². The van der Waals surface area contributed by atoms with Crippen molar-refractivity contribution in [2.45, 2.75) is 13.5 Å². The number of hydrogen-bond acceptors (Lipinski definition) is 7. The molecule has 0 saturated carbocycles. The SMILES string of the molecule is COc1ccc(N2CCN(c3cc(C)nc(NCc4ccncc4)n3)CC2)cc1. The van der Waals surface area contributed by atoms with Crippen molar-refractivity contribution in [3.05, 3.63) is 66.1 Å². The average Bonchev–Trinajstić information content (AvgIpc) is 2.78. The Labute approximate surface area is 171 Å². The molecule has 2 aromatic heterocycles. The smallest absolute Gasteiger partial charge is 0.225 e. The Morgan fingerprint density at radius 3 is 2.31 bits per heavy atom. The summed E-state index contributed by atoms with van der Waals surface area (Å²) in [4.78, 5) is 18.1. The number of ether oxygens (including phenoxy) is 1. The number of piperazine rings is 1. The third-order valence-corrected chi connectivity index (χ3v) is 5.08. The van der Waals surface area contributed by atoms with Crippen LogP contribution in [0.3, 0.4) is 0 Å². The predicted molar refractivity (Wildman–Crippen MR) is 116 cm³/mol. The summed E-state index contributed by atoms with van der Waals surface area (Å²) >= 11 is 0. The summed E-state index contributed by atoms with van der Waals surface area (Å²) < 4.78 is 5.25. The van der Waals surface area contributed by atoms with Crippen molar-refractivity contribution < 1.29 is 4.74 Å². The molecule has 0 amide bonds. The highest BCUT2D eigenvalue weighted by molar-refractivity contribution is 5.52. The molecule has 1 saturated heterocycles. The van der Waals surface area contributed by atoms with Crippen LogP contribution in [-0.4, -0.2) is 48.2 Å². The van der Waals surface area contributed by atoms with Crippen LogP contribution in [0.4, 0.5) is 17.5 Å². The van der Waals surface area contributed by atoms with E-state index in [-0.39, 0.29) is 0 Å². The summed E-state index contributed by atoms with van der Waals surface area (Å²) in [7, 11) is 1.69. The van der Waals surface area contributed by atoms with Crippen LogP contribution in [-0.2, 0) is 6.54 Å². The number of benzene rings is 1. The lowest BCUT2D eigenvalue weighted by Gasteiger charge is -2.37. The molecule has 4 rings (SSSR count). The van der Waals surface area contributed by atoms with Gasteiger partial charge in [-0.25, -0.2) is 4.98 Å². The summed E-state index contributed by atoms with van der Waals surface area (Å²) in [6, 6.07) is 14.3. The molecular weight excluding hydrogens is 364 g/mol. The van der Waals surface area contributed by atoms with Gasteiger partial charge in [0.25, 0.3) is 0 Å². The summed E-state index contributed by atoms with van der Waals surface area (Å²) in [6.07, 6.45) is 3.59. The van der Waals surface area contributed by atoms with Gasteiger partial charge in [0.15, 0.2) is 0 Å². The summed E-state index contributed by atoms with van der Waals surface area (Å²) in [5.74, 6) is 2.52. The van der Waals surface area contributed by atoms with Gasteiger partial charge in [-0.3, -0.25) is 4.98 Å². The molecule has 7 nitrogen and oxygen atoms in total. The van der Waals surface area contributed by atoms with Crippen molar-refractivity contribution in [2.75, 3.05) is 48.4 Å². The Bertz CT molecular complexity index is 924. The van der Waals surface area contributed by atoms with Crippen molar-refractivity contribution in [1.29, 1.82) is 0 Å². The molecule has 3 aromatic rings. The maximum absolute atomic E-state index is 5.25. The zero-order chi connectivity index (χ0) is 20.1. The second-order valence-electron chi connectivity index (χ2n) is 7.07. The molecule has 1 N–H and O–H groups in total. The highest BCUT2D eigenvalue weighted by Crippen LogP contribution is 2.23. The first kappa shape index (κ1) is 19.0. The normalized spacial score (nSPS) is 14.0. The van der Waals surface area contributed by atoms with Crippen LogP contribution >= 0.6 is 0 Å². The van der Waals surface area contributed by atoms with E-state index >= 15 is 0 Å². The zero-order valence-corrected chi connectivity index (χ0v) is 16.9. The quantitative estimate of drug-likeness (QED) is 0.694. The van der Waals surface area contributed by atoms with E-state index in [0.29, 0.717) is 12.5 Å². The Morgan fingerprint density at radius 2 is 1.62 bits per heavy atom. The average molecular weight is 390 g/mol. The first-order valence-corrected chi connectivity index (χ1v) is 9.84. The van der Waals surface area contributed by atoms with E-state index in [4.69, 9.17) is 9.72 Å². The number of nitrogens with one attached hydrogen (secondary N) is 1. The molecule has 0 atom stereocenters. The Balaban J connectivity index is 1.39. The van der Waals surface area contributed by atoms with Crippen LogP contribution in [0.25, 0.3) is 0 Å². The summed E-state index contributed by atoms with van der Waals surface area (Å²) in [5, 5.41) is 3.33. The Morgan fingerprint density at radius 1 is 0.931 bits per heavy atom. The van der Waals surface area contributed by atoms with Gasteiger partial charge < -0.3 is 19.9 Å². The van der Waals surface area contributed by atoms with E-state index in [1.54, 1.807) is 19.5 Å². The van der Waals surface area contributed by atoms with Gasteiger partial charge in [0, 0.05) is 62.6 Å². The minimum atomic E-state index is 0.661. The molecule has 1 fully saturated rings. The molecular formula is C22H26N6O. The van der Waals surface area contributed by atoms with Gasteiger partial charge in [-0.2, -0.15) is 4.98 Å². The second kappa shape index (κ2) is 8.77. The maximum atomic E-state index is 5.25. The lowest BCUT2D eigenvalue weighted by atomic mass is 10.2. The minimum absolute atomic E-state index is 0.661. The third-order valence-electron chi connectivity index (χ3n) is 5.08. The van der Waals surface area contributed by atoms with Gasteiger partial charge in [-0.05, 0) is 48.9 Å². The van der Waals surface area contributed by atoms with Crippen LogP contribution in [0.5, 0.6) is 5.75 Å². The highest BCUT2D eigenvalue weighted by Gasteiger charge is 2.19. The van der Waals surface area contributed by atoms with Gasteiger partial charge in [-0.15, -0.1) is 0 Å². The fourth-order valence-electron chi connectivity index (χ4n) is 3.46. The molecule has 1 aliphatic rings. The molecule has 0 unspecified atom stereocenters. The number of nitrogens with zero attached hydrogens (tertiary/aromatic N) is 5. The van der Waals surface area contributed by atoms with E-state index in [0.717, 1.165) is 49.0 Å². The van der Waals surface area contributed by atoms with E-state index < -0.39 is 0 Å². The maximum Gasteiger partial charge on any atom is 0.225 e. The van der Waals surface area contributed by atoms with Crippen molar-refractivity contribution in [3.63, 3.8) is 0 Å². The Hall–Kier alpha value is -3.35. The van der Waals surface area contributed by atoms with Crippen molar-refractivity contribution in [3.8, 4) is 5.75 Å². The van der Waals surface area contributed by atoms with Crippen molar-refractivity contribution in [1.82, 2.24) is 15.0 Å². The molecule has 29 heavy (non-hydrogen) atoms. The van der Waals surface area contributed by atoms with E-state index in [2.05, 4.69) is 43.3 Å². The Kier molecular flexibility index (Phi) is 5.74.